The molecule has 14 heavy (non-hydrogen) atoms. The van der Waals surface area contributed by atoms with Gasteiger partial charge in [0.05, 0.1) is 6.61 Å². The molecule has 0 radical (unpaired) electrons. The molecule has 0 spiro atoms. The molecule has 1 aliphatic carbocycles. The van der Waals surface area contributed by atoms with Gasteiger partial charge in [-0.1, -0.05) is 34.1 Å². The van der Waals surface area contributed by atoms with Gasteiger partial charge in [-0.3, -0.25) is 0 Å². The predicted molar refractivity (Wildman–Crippen MR) is 61.4 cm³/mol. The smallest absolute Gasteiger partial charge is 0.0506 e. The first-order valence-corrected chi connectivity index (χ1v) is 5.96. The Morgan fingerprint density at radius 3 is 2.79 bits per heavy atom. The minimum Gasteiger partial charge on any atom is -0.381 e. The van der Waals surface area contributed by atoms with E-state index in [1.165, 1.54) is 22.9 Å². The molecule has 0 bridgehead atoms. The third kappa shape index (κ3) is 3.10. The lowest BCUT2D eigenvalue weighted by Gasteiger charge is -2.04. The van der Waals surface area contributed by atoms with Crippen LogP contribution in [0.1, 0.15) is 18.4 Å². The SMILES string of the molecule is Brc1ccccc1CCOCC1CC1. The van der Waals surface area contributed by atoms with Gasteiger partial charge in [-0.05, 0) is 36.8 Å². The fourth-order valence-electron chi connectivity index (χ4n) is 1.42. The highest BCUT2D eigenvalue weighted by atomic mass is 79.9. The average Bonchev–Trinajstić information content (AvgIpc) is 2.99. The molecule has 1 aliphatic rings. The molecular formula is C12H15BrO. The lowest BCUT2D eigenvalue weighted by atomic mass is 10.2. The molecule has 1 saturated carbocycles. The first-order valence-electron chi connectivity index (χ1n) is 5.17. The summed E-state index contributed by atoms with van der Waals surface area (Å²) in [6.45, 7) is 1.81. The van der Waals surface area contributed by atoms with E-state index in [1.54, 1.807) is 0 Å². The van der Waals surface area contributed by atoms with Gasteiger partial charge in [-0.2, -0.15) is 0 Å². The molecule has 0 N–H and O–H groups in total. The van der Waals surface area contributed by atoms with Gasteiger partial charge in [0.2, 0.25) is 0 Å². The molecule has 0 unspecified atom stereocenters. The summed E-state index contributed by atoms with van der Waals surface area (Å²) in [5, 5.41) is 0. The Balaban J connectivity index is 1.71. The zero-order valence-corrected chi connectivity index (χ0v) is 9.79. The highest BCUT2D eigenvalue weighted by Crippen LogP contribution is 2.28. The monoisotopic (exact) mass is 254 g/mol. The summed E-state index contributed by atoms with van der Waals surface area (Å²) in [7, 11) is 0. The number of hydrogen-bond acceptors (Lipinski definition) is 1. The van der Waals surface area contributed by atoms with Crippen LogP contribution < -0.4 is 0 Å². The van der Waals surface area contributed by atoms with Crippen LogP contribution in [0.2, 0.25) is 0 Å². The fraction of sp³-hybridized carbons (Fsp3) is 0.500. The van der Waals surface area contributed by atoms with Crippen LogP contribution in [-0.2, 0) is 11.2 Å². The van der Waals surface area contributed by atoms with E-state index in [4.69, 9.17) is 4.74 Å². The maximum absolute atomic E-state index is 5.60. The average molecular weight is 255 g/mol. The molecule has 0 heterocycles. The first-order chi connectivity index (χ1) is 6.86. The summed E-state index contributed by atoms with van der Waals surface area (Å²) < 4.78 is 6.79. The number of halogens is 1. The number of benzene rings is 1. The topological polar surface area (TPSA) is 9.23 Å². The third-order valence-electron chi connectivity index (χ3n) is 2.52. The van der Waals surface area contributed by atoms with Gasteiger partial charge in [0.25, 0.3) is 0 Å². The maximum atomic E-state index is 5.60. The van der Waals surface area contributed by atoms with E-state index in [-0.39, 0.29) is 0 Å². The van der Waals surface area contributed by atoms with Crippen LogP contribution in [0, 0.1) is 5.92 Å². The van der Waals surface area contributed by atoms with Crippen LogP contribution in [0.5, 0.6) is 0 Å². The molecule has 1 fully saturated rings. The Labute approximate surface area is 93.6 Å². The molecule has 1 aromatic carbocycles. The van der Waals surface area contributed by atoms with Gasteiger partial charge in [-0.25, -0.2) is 0 Å². The minimum absolute atomic E-state index is 0.846. The van der Waals surface area contributed by atoms with Gasteiger partial charge in [0.15, 0.2) is 0 Å². The molecular weight excluding hydrogens is 240 g/mol. The molecule has 2 heteroatoms. The first kappa shape index (κ1) is 10.2. The van der Waals surface area contributed by atoms with Crippen molar-refractivity contribution in [3.8, 4) is 0 Å². The molecule has 0 saturated heterocycles. The minimum atomic E-state index is 0.846. The summed E-state index contributed by atoms with van der Waals surface area (Å²) >= 11 is 3.53. The molecule has 0 amide bonds. The Hall–Kier alpha value is -0.340. The molecule has 0 aliphatic heterocycles. The van der Waals surface area contributed by atoms with Crippen molar-refractivity contribution >= 4 is 15.9 Å². The zero-order chi connectivity index (χ0) is 9.80. The maximum Gasteiger partial charge on any atom is 0.0506 e. The van der Waals surface area contributed by atoms with Crippen molar-refractivity contribution in [3.05, 3.63) is 34.3 Å². The summed E-state index contributed by atoms with van der Waals surface area (Å²) in [5.74, 6) is 0.870. The van der Waals surface area contributed by atoms with E-state index in [0.717, 1.165) is 25.6 Å². The van der Waals surface area contributed by atoms with Crippen LogP contribution >= 0.6 is 15.9 Å². The second-order valence-electron chi connectivity index (χ2n) is 3.86. The van der Waals surface area contributed by atoms with Crippen molar-refractivity contribution in [1.29, 1.82) is 0 Å². The normalized spacial score (nSPS) is 15.8. The number of ether oxygens (including phenoxy) is 1. The van der Waals surface area contributed by atoms with Crippen LogP contribution in [0.3, 0.4) is 0 Å². The van der Waals surface area contributed by atoms with Gasteiger partial charge in [0.1, 0.15) is 0 Å². The van der Waals surface area contributed by atoms with Crippen LogP contribution in [-0.4, -0.2) is 13.2 Å². The third-order valence-corrected chi connectivity index (χ3v) is 3.30. The highest BCUT2D eigenvalue weighted by molar-refractivity contribution is 9.10. The van der Waals surface area contributed by atoms with Crippen molar-refractivity contribution in [2.45, 2.75) is 19.3 Å². The van der Waals surface area contributed by atoms with E-state index in [0.29, 0.717) is 0 Å². The standard InChI is InChI=1S/C12H15BrO/c13-12-4-2-1-3-11(12)7-8-14-9-10-5-6-10/h1-4,10H,5-9H2. The predicted octanol–water partition coefficient (Wildman–Crippen LogP) is 3.42. The summed E-state index contributed by atoms with van der Waals surface area (Å²) in [6.07, 6.45) is 3.75. The molecule has 0 aromatic heterocycles. The largest absolute Gasteiger partial charge is 0.381 e. The molecule has 1 nitrogen and oxygen atoms in total. The zero-order valence-electron chi connectivity index (χ0n) is 8.21. The van der Waals surface area contributed by atoms with Crippen LogP contribution in [0.25, 0.3) is 0 Å². The Bertz CT molecular complexity index is 294. The van der Waals surface area contributed by atoms with Gasteiger partial charge in [-0.15, -0.1) is 0 Å². The van der Waals surface area contributed by atoms with E-state index in [1.807, 2.05) is 6.07 Å². The fourth-order valence-corrected chi connectivity index (χ4v) is 1.90. The number of rotatable bonds is 5. The van der Waals surface area contributed by atoms with Gasteiger partial charge in [0, 0.05) is 11.1 Å². The summed E-state index contributed by atoms with van der Waals surface area (Å²) in [4.78, 5) is 0. The second-order valence-corrected chi connectivity index (χ2v) is 4.71. The summed E-state index contributed by atoms with van der Waals surface area (Å²) in [6, 6.07) is 8.33. The lowest BCUT2D eigenvalue weighted by molar-refractivity contribution is 0.127. The van der Waals surface area contributed by atoms with E-state index >= 15 is 0 Å². The van der Waals surface area contributed by atoms with Crippen LogP contribution in [0.4, 0.5) is 0 Å². The molecule has 1 aromatic rings. The second kappa shape index (κ2) is 4.94. The number of hydrogen-bond donors (Lipinski definition) is 0. The molecule has 0 atom stereocenters. The van der Waals surface area contributed by atoms with Crippen molar-refractivity contribution in [3.63, 3.8) is 0 Å². The Morgan fingerprint density at radius 2 is 2.07 bits per heavy atom. The quantitative estimate of drug-likeness (QED) is 0.732. The van der Waals surface area contributed by atoms with Crippen molar-refractivity contribution in [2.75, 3.05) is 13.2 Å². The summed E-state index contributed by atoms with van der Waals surface area (Å²) in [5.41, 5.74) is 1.34. The lowest BCUT2D eigenvalue weighted by Crippen LogP contribution is -2.01. The Morgan fingerprint density at radius 1 is 1.29 bits per heavy atom. The van der Waals surface area contributed by atoms with Crippen LogP contribution in [0.15, 0.2) is 28.7 Å². The molecule has 2 rings (SSSR count). The van der Waals surface area contributed by atoms with E-state index < -0.39 is 0 Å². The van der Waals surface area contributed by atoms with E-state index in [2.05, 4.69) is 34.1 Å². The molecule has 76 valence electrons. The Kier molecular flexibility index (Phi) is 3.60. The van der Waals surface area contributed by atoms with Gasteiger partial charge < -0.3 is 4.74 Å². The van der Waals surface area contributed by atoms with Crippen molar-refractivity contribution in [1.82, 2.24) is 0 Å². The highest BCUT2D eigenvalue weighted by Gasteiger charge is 2.20. The van der Waals surface area contributed by atoms with Crippen molar-refractivity contribution < 1.29 is 4.74 Å². The van der Waals surface area contributed by atoms with E-state index in [9.17, 15) is 0 Å². The van der Waals surface area contributed by atoms with Crippen molar-refractivity contribution in [2.24, 2.45) is 5.92 Å². The van der Waals surface area contributed by atoms with Gasteiger partial charge >= 0.3 is 0 Å².